The Kier molecular flexibility index (Phi) is 5.82. The van der Waals surface area contributed by atoms with Crippen molar-refractivity contribution in [1.82, 2.24) is 10.3 Å². The predicted molar refractivity (Wildman–Crippen MR) is 63.8 cm³/mol. The Hall–Kier alpha value is -0.460. The van der Waals surface area contributed by atoms with Crippen LogP contribution >= 0.6 is 27.3 Å². The molecule has 1 N–H and O–H groups in total. The molecule has 0 spiro atoms. The molecule has 1 rings (SSSR count). The van der Waals surface area contributed by atoms with E-state index in [1.807, 2.05) is 6.92 Å². The molecule has 84 valence electrons. The number of amides is 1. The van der Waals surface area contributed by atoms with Gasteiger partial charge in [0.05, 0.1) is 18.2 Å². The van der Waals surface area contributed by atoms with Gasteiger partial charge in [0.1, 0.15) is 5.69 Å². The molecular formula is C9H13BrN2O2S. The number of rotatable bonds is 6. The Labute approximate surface area is 101 Å². The first kappa shape index (κ1) is 12.6. The van der Waals surface area contributed by atoms with Crippen LogP contribution in [-0.2, 0) is 4.74 Å². The molecule has 1 aromatic heterocycles. The lowest BCUT2D eigenvalue weighted by Gasteiger charge is -2.03. The van der Waals surface area contributed by atoms with Crippen molar-refractivity contribution < 1.29 is 9.53 Å². The van der Waals surface area contributed by atoms with Gasteiger partial charge in [-0.05, 0) is 6.92 Å². The van der Waals surface area contributed by atoms with E-state index in [2.05, 4.69) is 26.2 Å². The maximum absolute atomic E-state index is 11.5. The molecule has 0 atom stereocenters. The molecule has 0 aliphatic heterocycles. The van der Waals surface area contributed by atoms with Crippen molar-refractivity contribution in [2.45, 2.75) is 6.92 Å². The van der Waals surface area contributed by atoms with E-state index < -0.39 is 0 Å². The molecule has 0 saturated carbocycles. The van der Waals surface area contributed by atoms with Gasteiger partial charge >= 0.3 is 0 Å². The molecular weight excluding hydrogens is 280 g/mol. The number of alkyl halides is 1. The summed E-state index contributed by atoms with van der Waals surface area (Å²) in [4.78, 5) is 15.5. The number of ether oxygens (including phenoxy) is 1. The van der Waals surface area contributed by atoms with E-state index in [0.29, 0.717) is 25.5 Å². The number of nitrogens with zero attached hydrogens (tertiary/aromatic N) is 1. The fraction of sp³-hybridized carbons (Fsp3) is 0.556. The van der Waals surface area contributed by atoms with Crippen LogP contribution in [0.15, 0.2) is 5.38 Å². The SMILES string of the molecule is Cc1nc(C(=O)NCCOCCBr)cs1. The van der Waals surface area contributed by atoms with Crippen LogP contribution in [0.4, 0.5) is 0 Å². The molecule has 0 fully saturated rings. The Morgan fingerprint density at radius 1 is 1.67 bits per heavy atom. The second-order valence-electron chi connectivity index (χ2n) is 2.81. The zero-order valence-electron chi connectivity index (χ0n) is 8.46. The number of aromatic nitrogens is 1. The summed E-state index contributed by atoms with van der Waals surface area (Å²) in [7, 11) is 0. The third-order valence-electron chi connectivity index (χ3n) is 1.61. The molecule has 0 aliphatic carbocycles. The molecule has 0 aliphatic rings. The molecule has 4 nitrogen and oxygen atoms in total. The van der Waals surface area contributed by atoms with Crippen molar-refractivity contribution in [2.75, 3.05) is 25.1 Å². The van der Waals surface area contributed by atoms with E-state index >= 15 is 0 Å². The largest absolute Gasteiger partial charge is 0.379 e. The maximum Gasteiger partial charge on any atom is 0.270 e. The van der Waals surface area contributed by atoms with E-state index in [1.54, 1.807) is 5.38 Å². The van der Waals surface area contributed by atoms with Gasteiger partial charge in [-0.2, -0.15) is 0 Å². The van der Waals surface area contributed by atoms with Gasteiger partial charge < -0.3 is 10.1 Å². The van der Waals surface area contributed by atoms with Gasteiger partial charge in [-0.1, -0.05) is 15.9 Å². The highest BCUT2D eigenvalue weighted by Gasteiger charge is 2.07. The predicted octanol–water partition coefficient (Wildman–Crippen LogP) is 1.59. The van der Waals surface area contributed by atoms with Crippen molar-refractivity contribution in [3.05, 3.63) is 16.1 Å². The average Bonchev–Trinajstić information content (AvgIpc) is 2.64. The highest BCUT2D eigenvalue weighted by Crippen LogP contribution is 2.07. The number of hydrogen-bond donors (Lipinski definition) is 1. The first-order valence-corrected chi connectivity index (χ1v) is 6.58. The summed E-state index contributed by atoms with van der Waals surface area (Å²) < 4.78 is 5.19. The number of halogens is 1. The van der Waals surface area contributed by atoms with E-state index in [0.717, 1.165) is 10.3 Å². The van der Waals surface area contributed by atoms with Gasteiger partial charge in [0.15, 0.2) is 0 Å². The normalized spacial score (nSPS) is 10.3. The fourth-order valence-corrected chi connectivity index (χ4v) is 1.77. The van der Waals surface area contributed by atoms with Crippen LogP contribution in [0.5, 0.6) is 0 Å². The number of carbonyl (C=O) groups excluding carboxylic acids is 1. The van der Waals surface area contributed by atoms with E-state index in [1.165, 1.54) is 11.3 Å². The van der Waals surface area contributed by atoms with Gasteiger partial charge in [-0.25, -0.2) is 4.98 Å². The van der Waals surface area contributed by atoms with Crippen LogP contribution in [0.3, 0.4) is 0 Å². The van der Waals surface area contributed by atoms with Crippen LogP contribution in [0.1, 0.15) is 15.5 Å². The summed E-state index contributed by atoms with van der Waals surface area (Å²) in [5, 5.41) is 6.20. The zero-order valence-corrected chi connectivity index (χ0v) is 10.9. The molecule has 15 heavy (non-hydrogen) atoms. The summed E-state index contributed by atoms with van der Waals surface area (Å²) in [5.41, 5.74) is 0.484. The molecule has 6 heteroatoms. The Morgan fingerprint density at radius 2 is 2.47 bits per heavy atom. The van der Waals surface area contributed by atoms with Crippen LogP contribution in [0.2, 0.25) is 0 Å². The number of aryl methyl sites for hydroxylation is 1. The second-order valence-corrected chi connectivity index (χ2v) is 4.66. The molecule has 0 unspecified atom stereocenters. The van der Waals surface area contributed by atoms with Crippen molar-refractivity contribution in [3.8, 4) is 0 Å². The van der Waals surface area contributed by atoms with Gasteiger partial charge in [0.2, 0.25) is 0 Å². The molecule has 1 aromatic rings. The second kappa shape index (κ2) is 6.92. The van der Waals surface area contributed by atoms with Gasteiger partial charge in [-0.15, -0.1) is 11.3 Å². The molecule has 0 radical (unpaired) electrons. The summed E-state index contributed by atoms with van der Waals surface area (Å²) in [5.74, 6) is -0.137. The highest BCUT2D eigenvalue weighted by atomic mass is 79.9. The highest BCUT2D eigenvalue weighted by molar-refractivity contribution is 9.09. The van der Waals surface area contributed by atoms with Crippen LogP contribution in [-0.4, -0.2) is 36.0 Å². The number of thiazole rings is 1. The van der Waals surface area contributed by atoms with Crippen molar-refractivity contribution in [1.29, 1.82) is 0 Å². The summed E-state index contributed by atoms with van der Waals surface area (Å²) in [6, 6.07) is 0. The van der Waals surface area contributed by atoms with Crippen molar-refractivity contribution in [2.24, 2.45) is 0 Å². The van der Waals surface area contributed by atoms with E-state index in [-0.39, 0.29) is 5.91 Å². The third kappa shape index (κ3) is 4.72. The van der Waals surface area contributed by atoms with Crippen LogP contribution < -0.4 is 5.32 Å². The number of hydrogen-bond acceptors (Lipinski definition) is 4. The molecule has 0 saturated heterocycles. The van der Waals surface area contributed by atoms with Gasteiger partial charge in [0.25, 0.3) is 5.91 Å². The first-order valence-electron chi connectivity index (χ1n) is 4.58. The van der Waals surface area contributed by atoms with Crippen LogP contribution in [0.25, 0.3) is 0 Å². The lowest BCUT2D eigenvalue weighted by molar-refractivity contribution is 0.0920. The average molecular weight is 293 g/mol. The summed E-state index contributed by atoms with van der Waals surface area (Å²) in [6.45, 7) is 3.58. The Morgan fingerprint density at radius 3 is 3.07 bits per heavy atom. The smallest absolute Gasteiger partial charge is 0.270 e. The fourth-order valence-electron chi connectivity index (χ4n) is 0.952. The minimum Gasteiger partial charge on any atom is -0.379 e. The van der Waals surface area contributed by atoms with Crippen LogP contribution in [0, 0.1) is 6.92 Å². The standard InChI is InChI=1S/C9H13BrN2O2S/c1-7-12-8(6-15-7)9(13)11-3-5-14-4-2-10/h6H,2-5H2,1H3,(H,11,13). The van der Waals surface area contributed by atoms with Gasteiger partial charge in [-0.3, -0.25) is 4.79 Å². The van der Waals surface area contributed by atoms with Crippen molar-refractivity contribution >= 4 is 33.2 Å². The quantitative estimate of drug-likeness (QED) is 0.640. The Balaban J connectivity index is 2.19. The summed E-state index contributed by atoms with van der Waals surface area (Å²) >= 11 is 4.72. The molecule has 1 heterocycles. The number of carbonyl (C=O) groups is 1. The molecule has 1 amide bonds. The first-order chi connectivity index (χ1) is 7.24. The number of nitrogens with one attached hydrogen (secondary N) is 1. The minimum absolute atomic E-state index is 0.137. The summed E-state index contributed by atoms with van der Waals surface area (Å²) in [6.07, 6.45) is 0. The van der Waals surface area contributed by atoms with E-state index in [9.17, 15) is 4.79 Å². The lowest BCUT2D eigenvalue weighted by atomic mass is 10.4. The topological polar surface area (TPSA) is 51.2 Å². The zero-order chi connectivity index (χ0) is 11.1. The molecule has 0 bridgehead atoms. The molecule has 0 aromatic carbocycles. The van der Waals surface area contributed by atoms with E-state index in [4.69, 9.17) is 4.74 Å². The monoisotopic (exact) mass is 292 g/mol. The van der Waals surface area contributed by atoms with Gasteiger partial charge in [0, 0.05) is 17.3 Å². The maximum atomic E-state index is 11.5. The minimum atomic E-state index is -0.137. The lowest BCUT2D eigenvalue weighted by Crippen LogP contribution is -2.27. The third-order valence-corrected chi connectivity index (χ3v) is 2.70. The Bertz CT molecular complexity index is 317. The van der Waals surface area contributed by atoms with Crippen molar-refractivity contribution in [3.63, 3.8) is 0 Å².